The van der Waals surface area contributed by atoms with Crippen molar-refractivity contribution in [3.8, 4) is 17.2 Å². The highest BCUT2D eigenvalue weighted by Gasteiger charge is 2.32. The monoisotopic (exact) mass is 424 g/mol. The number of aryl methyl sites for hydroxylation is 1. The molecule has 0 saturated carbocycles. The lowest BCUT2D eigenvalue weighted by molar-refractivity contribution is -0.141. The van der Waals surface area contributed by atoms with Crippen molar-refractivity contribution in [2.75, 3.05) is 39.9 Å². The zero-order valence-electron chi connectivity index (χ0n) is 17.8. The van der Waals surface area contributed by atoms with Gasteiger partial charge >= 0.3 is 0 Å². The third kappa shape index (κ3) is 5.10. The second kappa shape index (κ2) is 9.73. The van der Waals surface area contributed by atoms with Crippen molar-refractivity contribution in [3.63, 3.8) is 0 Å². The average Bonchev–Trinajstić information content (AvgIpc) is 3.08. The number of fused-ring (bicyclic) bond motifs is 1. The Kier molecular flexibility index (Phi) is 6.60. The van der Waals surface area contributed by atoms with Gasteiger partial charge in [-0.1, -0.05) is 24.3 Å². The summed E-state index contributed by atoms with van der Waals surface area (Å²) in [6, 6.07) is 15.2. The third-order valence-corrected chi connectivity index (χ3v) is 5.73. The van der Waals surface area contributed by atoms with Gasteiger partial charge in [0.1, 0.15) is 12.4 Å². The summed E-state index contributed by atoms with van der Waals surface area (Å²) in [6.45, 7) is 2.53. The molecule has 31 heavy (non-hydrogen) atoms. The lowest BCUT2D eigenvalue weighted by atomic mass is 10.1. The Morgan fingerprint density at radius 3 is 2.45 bits per heavy atom. The zero-order chi connectivity index (χ0) is 21.6. The predicted molar refractivity (Wildman–Crippen MR) is 115 cm³/mol. The van der Waals surface area contributed by atoms with Crippen molar-refractivity contribution < 1.29 is 23.8 Å². The fourth-order valence-corrected chi connectivity index (χ4v) is 3.93. The van der Waals surface area contributed by atoms with E-state index in [-0.39, 0.29) is 18.4 Å². The maximum absolute atomic E-state index is 13.0. The Labute approximate surface area is 182 Å². The van der Waals surface area contributed by atoms with E-state index in [2.05, 4.69) is 0 Å². The van der Waals surface area contributed by atoms with Gasteiger partial charge in [-0.2, -0.15) is 0 Å². The Morgan fingerprint density at radius 2 is 1.68 bits per heavy atom. The lowest BCUT2D eigenvalue weighted by Gasteiger charge is -2.30. The summed E-state index contributed by atoms with van der Waals surface area (Å²) in [7, 11) is 1.64. The number of ether oxygens (including phenoxy) is 3. The summed E-state index contributed by atoms with van der Waals surface area (Å²) in [4.78, 5) is 29.3. The Morgan fingerprint density at radius 1 is 0.968 bits per heavy atom. The van der Waals surface area contributed by atoms with E-state index >= 15 is 0 Å². The van der Waals surface area contributed by atoms with Crippen LogP contribution in [0.15, 0.2) is 48.5 Å². The number of carbonyl (C=O) groups is 2. The first-order chi connectivity index (χ1) is 15.1. The largest absolute Gasteiger partial charge is 0.497 e. The number of methoxy groups -OCH3 is 1. The molecule has 7 nitrogen and oxygen atoms in total. The fraction of sp³-hybridized carbons (Fsp3) is 0.417. The molecule has 1 fully saturated rings. The van der Waals surface area contributed by atoms with E-state index in [9.17, 15) is 9.59 Å². The van der Waals surface area contributed by atoms with Crippen LogP contribution in [0.1, 0.15) is 18.4 Å². The highest BCUT2D eigenvalue weighted by atomic mass is 16.6. The summed E-state index contributed by atoms with van der Waals surface area (Å²) in [6.07, 6.45) is 1.25. The van der Waals surface area contributed by atoms with Gasteiger partial charge in [-0.05, 0) is 42.7 Å². The van der Waals surface area contributed by atoms with Crippen molar-refractivity contribution in [2.45, 2.75) is 25.4 Å². The molecule has 2 aromatic carbocycles. The summed E-state index contributed by atoms with van der Waals surface area (Å²) >= 11 is 0. The minimum atomic E-state index is -0.646. The number of benzene rings is 2. The van der Waals surface area contributed by atoms with E-state index in [1.807, 2.05) is 47.4 Å². The second-order valence-electron chi connectivity index (χ2n) is 7.77. The van der Waals surface area contributed by atoms with Crippen molar-refractivity contribution >= 4 is 11.8 Å². The Balaban J connectivity index is 1.27. The molecule has 2 amide bonds. The molecule has 2 heterocycles. The number of para-hydroxylation sites is 2. The molecule has 1 unspecified atom stereocenters. The fourth-order valence-electron chi connectivity index (χ4n) is 3.93. The zero-order valence-corrected chi connectivity index (χ0v) is 17.8. The molecule has 164 valence electrons. The molecule has 0 aliphatic carbocycles. The molecule has 2 aromatic rings. The quantitative estimate of drug-likeness (QED) is 0.738. The topological polar surface area (TPSA) is 68.3 Å². The first kappa shape index (κ1) is 21.0. The summed E-state index contributed by atoms with van der Waals surface area (Å²) in [5.74, 6) is 2.11. The van der Waals surface area contributed by atoms with E-state index in [4.69, 9.17) is 14.2 Å². The molecule has 4 rings (SSSR count). The number of hydrogen-bond acceptors (Lipinski definition) is 5. The van der Waals surface area contributed by atoms with Crippen LogP contribution in [0.3, 0.4) is 0 Å². The molecule has 0 N–H and O–H groups in total. The van der Waals surface area contributed by atoms with Crippen molar-refractivity contribution in [1.82, 2.24) is 9.80 Å². The van der Waals surface area contributed by atoms with Crippen LogP contribution >= 0.6 is 0 Å². The summed E-state index contributed by atoms with van der Waals surface area (Å²) < 4.78 is 16.7. The maximum atomic E-state index is 13.0. The van der Waals surface area contributed by atoms with E-state index < -0.39 is 6.10 Å². The number of amides is 2. The van der Waals surface area contributed by atoms with Crippen LogP contribution in [0.2, 0.25) is 0 Å². The lowest BCUT2D eigenvalue weighted by Crippen LogP contribution is -2.47. The highest BCUT2D eigenvalue weighted by Crippen LogP contribution is 2.31. The van der Waals surface area contributed by atoms with Gasteiger partial charge in [0, 0.05) is 32.6 Å². The van der Waals surface area contributed by atoms with Gasteiger partial charge in [0.2, 0.25) is 12.0 Å². The summed E-state index contributed by atoms with van der Waals surface area (Å²) in [5, 5.41) is 0. The molecule has 0 spiro atoms. The van der Waals surface area contributed by atoms with E-state index in [1.165, 1.54) is 0 Å². The first-order valence-electron chi connectivity index (χ1n) is 10.7. The van der Waals surface area contributed by atoms with Gasteiger partial charge in [0.05, 0.1) is 7.11 Å². The predicted octanol–water partition coefficient (Wildman–Crippen LogP) is 2.53. The van der Waals surface area contributed by atoms with Crippen molar-refractivity contribution in [3.05, 3.63) is 54.1 Å². The van der Waals surface area contributed by atoms with Crippen LogP contribution in [0.4, 0.5) is 0 Å². The molecule has 0 bridgehead atoms. The molecule has 2 aliphatic rings. The first-order valence-corrected chi connectivity index (χ1v) is 10.7. The Hall–Kier alpha value is -3.22. The van der Waals surface area contributed by atoms with Gasteiger partial charge < -0.3 is 24.0 Å². The second-order valence-corrected chi connectivity index (χ2v) is 7.77. The van der Waals surface area contributed by atoms with Crippen molar-refractivity contribution in [1.29, 1.82) is 0 Å². The van der Waals surface area contributed by atoms with E-state index in [0.29, 0.717) is 50.5 Å². The highest BCUT2D eigenvalue weighted by molar-refractivity contribution is 5.82. The molecule has 2 aliphatic heterocycles. The molecule has 7 heteroatoms. The third-order valence-electron chi connectivity index (χ3n) is 5.73. The van der Waals surface area contributed by atoms with E-state index in [1.54, 1.807) is 18.1 Å². The Bertz CT molecular complexity index is 914. The maximum Gasteiger partial charge on any atom is 0.267 e. The summed E-state index contributed by atoms with van der Waals surface area (Å²) in [5.41, 5.74) is 1.11. The van der Waals surface area contributed by atoms with Crippen LogP contribution in [0.25, 0.3) is 0 Å². The number of rotatable bonds is 5. The van der Waals surface area contributed by atoms with Crippen LogP contribution in [0, 0.1) is 0 Å². The van der Waals surface area contributed by atoms with Crippen LogP contribution in [0.5, 0.6) is 17.2 Å². The molecular weight excluding hydrogens is 396 g/mol. The van der Waals surface area contributed by atoms with Gasteiger partial charge in [0.15, 0.2) is 11.5 Å². The minimum absolute atomic E-state index is 0.0814. The average molecular weight is 424 g/mol. The molecule has 0 aromatic heterocycles. The van der Waals surface area contributed by atoms with E-state index in [0.717, 1.165) is 17.7 Å². The number of hydrogen-bond donors (Lipinski definition) is 0. The standard InChI is InChI=1S/C24H28N2O5/c1-29-19-10-7-18(8-11-19)9-12-23(27)25-13-4-14-26(16-15-25)24(28)22-17-30-20-5-2-3-6-21(20)31-22/h2-3,5-8,10-11,22H,4,9,12-17H2,1H3. The van der Waals surface area contributed by atoms with Gasteiger partial charge in [-0.25, -0.2) is 0 Å². The van der Waals surface area contributed by atoms with Gasteiger partial charge in [-0.15, -0.1) is 0 Å². The van der Waals surface area contributed by atoms with Crippen LogP contribution < -0.4 is 14.2 Å². The minimum Gasteiger partial charge on any atom is -0.497 e. The molecule has 1 saturated heterocycles. The normalized spacial score (nSPS) is 18.3. The number of nitrogens with zero attached hydrogens (tertiary/aromatic N) is 2. The SMILES string of the molecule is COc1ccc(CCC(=O)N2CCCN(C(=O)C3COc4ccccc4O3)CC2)cc1. The van der Waals surface area contributed by atoms with Crippen molar-refractivity contribution in [2.24, 2.45) is 0 Å². The number of carbonyl (C=O) groups excluding carboxylic acids is 2. The van der Waals surface area contributed by atoms with Gasteiger partial charge in [0.25, 0.3) is 5.91 Å². The smallest absolute Gasteiger partial charge is 0.267 e. The van der Waals surface area contributed by atoms with Crippen LogP contribution in [-0.4, -0.2) is 67.6 Å². The van der Waals surface area contributed by atoms with Gasteiger partial charge in [-0.3, -0.25) is 9.59 Å². The molecular formula is C24H28N2O5. The molecule has 1 atom stereocenters. The van der Waals surface area contributed by atoms with Crippen LogP contribution in [-0.2, 0) is 16.0 Å². The molecule has 0 radical (unpaired) electrons.